The number of fused-ring (bicyclic) bond motifs is 12. The number of benzene rings is 10. The summed E-state index contributed by atoms with van der Waals surface area (Å²) in [4.78, 5) is 90.1. The Morgan fingerprint density at radius 1 is 0.403 bits per heavy atom. The van der Waals surface area contributed by atoms with E-state index in [1.807, 2.05) is 120 Å². The SMILES string of the molecule is CCOC(=O)c1c(-c2ccccc2F)c2c3c(C)c(C)[nH]c3ccc2n1Cc1ccccc1.CS(=O)(=O)NC(=O)c1c(-c2ccc[nH]c2=O)c2c3occc3ccc2n1Cc1cc(F)ccc1F.CS(=O)(=O)NC(=O)c1c(-c2ccc[nH]c2=O)c2c3occc3ccc2n1Cc1ccc(F)cc1F.Cc1[nH]c2ccc3c(c(-c4ccccc4F)c(C(=O)O)n3Cc3ccccc3)c2c1C. The number of sulfonamides is 2. The van der Waals surface area contributed by atoms with E-state index >= 15 is 4.39 Å². The maximum absolute atomic E-state index is 15.2. The fraction of sp³-hybridized carbons (Fsp3) is 0.118. The summed E-state index contributed by atoms with van der Waals surface area (Å²) >= 11 is 0. The van der Waals surface area contributed by atoms with Gasteiger partial charge in [0.05, 0.1) is 88.7 Å². The van der Waals surface area contributed by atoms with Gasteiger partial charge < -0.3 is 56.9 Å². The number of carbonyl (C=O) groups excluding carboxylic acids is 3. The van der Waals surface area contributed by atoms with E-state index in [0.717, 1.165) is 114 Å². The zero-order valence-corrected chi connectivity index (χ0v) is 74.0. The molecular weight excluding hydrogens is 1770 g/mol. The molecule has 7 N–H and O–H groups in total. The van der Waals surface area contributed by atoms with Crippen LogP contribution in [-0.2, 0) is 51.0 Å². The quantitative estimate of drug-likeness (QED) is 0.0292. The zero-order chi connectivity index (χ0) is 94.6. The predicted molar refractivity (Wildman–Crippen MR) is 502 cm³/mol. The normalized spacial score (nSPS) is 11.6. The molecule has 0 fully saturated rings. The van der Waals surface area contributed by atoms with Gasteiger partial charge >= 0.3 is 11.9 Å². The van der Waals surface area contributed by atoms with E-state index < -0.39 is 84.0 Å². The fourth-order valence-corrected chi connectivity index (χ4v) is 18.4. The first-order chi connectivity index (χ1) is 64.3. The maximum Gasteiger partial charge on any atom is 0.355 e. The second-order valence-electron chi connectivity index (χ2n) is 32.0. The van der Waals surface area contributed by atoms with Gasteiger partial charge in [-0.2, -0.15) is 0 Å². The van der Waals surface area contributed by atoms with Gasteiger partial charge in [0, 0.05) is 131 Å². The lowest BCUT2D eigenvalue weighted by Gasteiger charge is -2.13. The van der Waals surface area contributed by atoms with Gasteiger partial charge in [-0.15, -0.1) is 0 Å². The number of aromatic nitrogens is 8. The van der Waals surface area contributed by atoms with Crippen molar-refractivity contribution in [3.63, 3.8) is 0 Å². The van der Waals surface area contributed by atoms with Crippen molar-refractivity contribution in [2.24, 2.45) is 0 Å². The highest BCUT2D eigenvalue weighted by Gasteiger charge is 2.35. The number of hydrogen-bond acceptors (Lipinski definition) is 13. The van der Waals surface area contributed by atoms with E-state index in [9.17, 15) is 72.7 Å². The van der Waals surface area contributed by atoms with Crippen molar-refractivity contribution in [3.8, 4) is 44.5 Å². The van der Waals surface area contributed by atoms with Gasteiger partial charge in [-0.05, 0) is 178 Å². The number of esters is 1. The second kappa shape index (κ2) is 36.3. The number of carboxylic acid groups (broad SMARTS) is 1. The molecule has 0 atom stereocenters. The van der Waals surface area contributed by atoms with Crippen molar-refractivity contribution >= 4 is 131 Å². The lowest BCUT2D eigenvalue weighted by atomic mass is 9.97. The fourth-order valence-electron chi connectivity index (χ4n) is 17.6. The van der Waals surface area contributed by atoms with Crippen LogP contribution in [0, 0.1) is 62.6 Å². The number of amides is 2. The van der Waals surface area contributed by atoms with Crippen molar-refractivity contribution in [1.29, 1.82) is 0 Å². The molecule has 10 aromatic carbocycles. The van der Waals surface area contributed by atoms with E-state index in [-0.39, 0.29) is 76.0 Å². The Kier molecular flexibility index (Phi) is 24.3. The van der Waals surface area contributed by atoms with E-state index in [2.05, 4.69) is 26.9 Å². The maximum atomic E-state index is 15.2. The molecule has 20 rings (SSSR count). The van der Waals surface area contributed by atoms with Gasteiger partial charge in [0.2, 0.25) is 20.0 Å². The van der Waals surface area contributed by atoms with Crippen LogP contribution < -0.4 is 20.6 Å². The number of halogens is 6. The molecule has 10 aromatic heterocycles. The largest absolute Gasteiger partial charge is 0.477 e. The number of aromatic amines is 4. The Balaban J connectivity index is 0.000000125. The molecule has 0 unspecified atom stereocenters. The van der Waals surface area contributed by atoms with Crippen LogP contribution in [0.15, 0.2) is 274 Å². The molecule has 134 heavy (non-hydrogen) atoms. The molecular formula is C102H80F6N10O14S2. The molecule has 0 bridgehead atoms. The number of aryl methyl sites for hydroxylation is 4. The van der Waals surface area contributed by atoms with Gasteiger partial charge in [-0.3, -0.25) is 19.2 Å². The summed E-state index contributed by atoms with van der Waals surface area (Å²) in [6.45, 7) is 10.3. The summed E-state index contributed by atoms with van der Waals surface area (Å²) in [6, 6.07) is 62.7. The van der Waals surface area contributed by atoms with Crippen LogP contribution >= 0.6 is 0 Å². The molecule has 0 aliphatic rings. The smallest absolute Gasteiger partial charge is 0.355 e. The number of nitrogens with zero attached hydrogens (tertiary/aromatic N) is 4. The number of furan rings is 2. The summed E-state index contributed by atoms with van der Waals surface area (Å²) in [5.41, 5.74) is 12.1. The lowest BCUT2D eigenvalue weighted by Crippen LogP contribution is -2.32. The summed E-state index contributed by atoms with van der Waals surface area (Å²) in [7, 11) is -8.01. The van der Waals surface area contributed by atoms with E-state index in [1.54, 1.807) is 96.4 Å². The standard InChI is InChI=1S/C28H25FN2O2.C26H21FN2O2.2C24H17F2N3O5S/c1-4-33-28(32)27-25(20-12-8-9-13-21(20)29)26-23(31(27)16-19-10-6-5-7-11-19)15-14-22-24(26)17(2)18(3)30-22;1-15-16(2)28-20-12-13-21-24(22(15)20)23(18-10-6-7-11-19(18)27)25(26(30)31)29(21)14-17-8-4-3-5-9-17;1-35(32,33)28-24(31)21-19(16-3-2-9-27-23(16)30)20-18(7-4-13-8-10-34-22(13)20)29(21)12-14-11-15(25)5-6-17(14)26;1-35(32,33)28-24(31)21-19(16-3-2-9-27-23(16)30)20-18(7-5-13-8-10-34-22(13)20)29(21)12-14-4-6-15(25)11-17(14)26/h5-15,30H,4,16H2,1-3H3;3-13,28H,14H2,1-2H3,(H,30,31);2*2-11H,12H2,1H3,(H,27,30)(H,28,31). The molecule has 20 aromatic rings. The Morgan fingerprint density at radius 3 is 1.24 bits per heavy atom. The topological polar surface area (TPSA) is 333 Å². The summed E-state index contributed by atoms with van der Waals surface area (Å²) < 4.78 is 162. The van der Waals surface area contributed by atoms with Crippen LogP contribution in [0.5, 0.6) is 0 Å². The number of pyridine rings is 2. The van der Waals surface area contributed by atoms with Gasteiger partial charge in [-0.1, -0.05) is 103 Å². The minimum absolute atomic E-state index is 0.0461. The molecule has 0 aliphatic heterocycles. The van der Waals surface area contributed by atoms with Gasteiger partial charge in [0.15, 0.2) is 0 Å². The monoisotopic (exact) mass is 1850 g/mol. The van der Waals surface area contributed by atoms with Crippen LogP contribution in [0.4, 0.5) is 26.3 Å². The molecule has 0 spiro atoms. The second-order valence-corrected chi connectivity index (χ2v) is 35.5. The zero-order valence-electron chi connectivity index (χ0n) is 72.4. The molecule has 0 saturated carbocycles. The van der Waals surface area contributed by atoms with Gasteiger partial charge in [0.25, 0.3) is 22.9 Å². The highest BCUT2D eigenvalue weighted by Crippen LogP contribution is 2.47. The summed E-state index contributed by atoms with van der Waals surface area (Å²) in [5.74, 6) is -7.44. The number of H-pyrrole nitrogens is 4. The number of nitrogens with one attached hydrogen (secondary N) is 6. The number of carboxylic acids is 1. The van der Waals surface area contributed by atoms with Crippen molar-refractivity contribution in [1.82, 2.24) is 47.6 Å². The molecule has 0 saturated heterocycles. The van der Waals surface area contributed by atoms with Crippen molar-refractivity contribution < 1.29 is 81.0 Å². The average molecular weight is 1850 g/mol. The van der Waals surface area contributed by atoms with Crippen LogP contribution in [0.2, 0.25) is 0 Å². The van der Waals surface area contributed by atoms with Crippen molar-refractivity contribution in [3.05, 3.63) is 379 Å². The summed E-state index contributed by atoms with van der Waals surface area (Å²) in [5, 5.41) is 15.9. The first kappa shape index (κ1) is 89.7. The number of ether oxygens (including phenoxy) is 1. The number of carbonyl (C=O) groups is 4. The average Bonchev–Trinajstić information content (AvgIpc) is 1.56. The van der Waals surface area contributed by atoms with Crippen LogP contribution in [0.1, 0.15) is 93.6 Å². The molecule has 676 valence electrons. The minimum atomic E-state index is -4.01. The van der Waals surface area contributed by atoms with Crippen LogP contribution in [0.3, 0.4) is 0 Å². The third-order valence-corrected chi connectivity index (χ3v) is 24.6. The Bertz CT molecular complexity index is 8530. The van der Waals surface area contributed by atoms with E-state index in [0.29, 0.717) is 90.8 Å². The third kappa shape index (κ3) is 17.1. The first-order valence-corrected chi connectivity index (χ1v) is 45.6. The summed E-state index contributed by atoms with van der Waals surface area (Å²) in [6.07, 6.45) is 7.32. The lowest BCUT2D eigenvalue weighted by molar-refractivity contribution is 0.0515. The van der Waals surface area contributed by atoms with Gasteiger partial charge in [-0.25, -0.2) is 62.2 Å². The first-order valence-electron chi connectivity index (χ1n) is 41.8. The molecule has 2 amide bonds. The number of aromatic carboxylic acids is 1. The molecule has 24 nitrogen and oxygen atoms in total. The van der Waals surface area contributed by atoms with Gasteiger partial charge in [0.1, 0.15) is 68.8 Å². The van der Waals surface area contributed by atoms with Crippen molar-refractivity contribution in [2.45, 2.75) is 60.8 Å². The predicted octanol–water partition coefficient (Wildman–Crippen LogP) is 20.6. The molecule has 10 heterocycles. The van der Waals surface area contributed by atoms with E-state index in [1.165, 1.54) is 64.4 Å². The Morgan fingerprint density at radius 2 is 0.799 bits per heavy atom. The van der Waals surface area contributed by atoms with Crippen LogP contribution in [-0.4, -0.2) is 103 Å². The van der Waals surface area contributed by atoms with Crippen molar-refractivity contribution in [2.75, 3.05) is 19.1 Å². The third-order valence-electron chi connectivity index (χ3n) is 23.4. The highest BCUT2D eigenvalue weighted by atomic mass is 32.2. The molecule has 32 heteroatoms. The molecule has 0 aliphatic carbocycles. The Labute approximate surface area is 758 Å². The minimum Gasteiger partial charge on any atom is -0.477 e. The number of hydrogen-bond donors (Lipinski definition) is 7. The molecule has 0 radical (unpaired) electrons. The van der Waals surface area contributed by atoms with E-state index in [4.69, 9.17) is 13.6 Å². The highest BCUT2D eigenvalue weighted by molar-refractivity contribution is 7.89. The van der Waals surface area contributed by atoms with Crippen LogP contribution in [0.25, 0.3) is 132 Å². The Hall–Kier alpha value is -16.2. The number of rotatable bonds is 19.